The fourth-order valence-corrected chi connectivity index (χ4v) is 8.18. The Balaban J connectivity index is 1.12. The Morgan fingerprint density at radius 2 is 1.80 bits per heavy atom. The zero-order chi connectivity index (χ0) is 28.8. The van der Waals surface area contributed by atoms with Crippen LogP contribution in [0.4, 0.5) is 0 Å². The van der Waals surface area contributed by atoms with Crippen LogP contribution < -0.4 is 0 Å². The summed E-state index contributed by atoms with van der Waals surface area (Å²) in [5, 5.41) is 29.7. The first kappa shape index (κ1) is 28.7. The third kappa shape index (κ3) is 5.17. The molecule has 9 heteroatoms. The number of carbonyl (C=O) groups is 3. The van der Waals surface area contributed by atoms with Gasteiger partial charge in [0.1, 0.15) is 12.1 Å². The topological polar surface area (TPSA) is 128 Å². The number of esters is 1. The molecule has 2 heterocycles. The lowest BCUT2D eigenvalue weighted by Gasteiger charge is -2.36. The number of amides is 2. The zero-order valence-electron chi connectivity index (χ0n) is 24.0. The van der Waals surface area contributed by atoms with Crippen molar-refractivity contribution in [1.82, 2.24) is 9.80 Å². The van der Waals surface area contributed by atoms with Crippen LogP contribution >= 0.6 is 0 Å². The number of hydrogen-bond acceptors (Lipinski definition) is 7. The highest BCUT2D eigenvalue weighted by Crippen LogP contribution is 2.78. The molecule has 2 amide bonds. The first-order valence-electron chi connectivity index (χ1n) is 14.9. The third-order valence-corrected chi connectivity index (χ3v) is 10.7. The maximum atomic E-state index is 13.5. The average Bonchev–Trinajstić information content (AvgIpc) is 3.35. The van der Waals surface area contributed by atoms with Gasteiger partial charge in [0.2, 0.25) is 5.91 Å². The highest BCUT2D eigenvalue weighted by atomic mass is 16.5. The predicted octanol–water partition coefficient (Wildman–Crippen LogP) is 3.24. The second-order valence-corrected chi connectivity index (χ2v) is 13.2. The third-order valence-electron chi connectivity index (χ3n) is 10.7. The van der Waals surface area contributed by atoms with Gasteiger partial charge in [-0.25, -0.2) is 4.79 Å². The molecule has 9 nitrogen and oxygen atoms in total. The van der Waals surface area contributed by atoms with Gasteiger partial charge in [-0.2, -0.15) is 0 Å². The van der Waals surface area contributed by atoms with Crippen LogP contribution in [0.1, 0.15) is 71.3 Å². The van der Waals surface area contributed by atoms with Crippen LogP contribution in [0.25, 0.3) is 0 Å². The number of carbonyl (C=O) groups excluding carboxylic acids is 3. The van der Waals surface area contributed by atoms with E-state index in [9.17, 15) is 29.7 Å². The molecule has 0 radical (unpaired) electrons. The highest BCUT2D eigenvalue weighted by Gasteiger charge is 2.72. The van der Waals surface area contributed by atoms with Gasteiger partial charge in [-0.15, -0.1) is 0 Å². The van der Waals surface area contributed by atoms with Gasteiger partial charge in [-0.1, -0.05) is 26.8 Å². The first-order valence-corrected chi connectivity index (χ1v) is 14.9. The quantitative estimate of drug-likeness (QED) is 0.331. The Hall–Kier alpha value is -2.81. The molecule has 0 aromatic heterocycles. The van der Waals surface area contributed by atoms with Crippen LogP contribution in [0, 0.1) is 28.6 Å². The molecular formula is C31H44N2O7. The summed E-state index contributed by atoms with van der Waals surface area (Å²) in [5.74, 6) is -0.628. The number of likely N-dealkylation sites (tertiary alicyclic amines) is 2. The number of phenols is 2. The molecule has 0 bridgehead atoms. The number of benzene rings is 1. The Morgan fingerprint density at radius 3 is 2.50 bits per heavy atom. The molecule has 6 unspecified atom stereocenters. The number of phenolic OH excluding ortho intramolecular Hbond substituents is 2. The average molecular weight is 557 g/mol. The summed E-state index contributed by atoms with van der Waals surface area (Å²) in [4.78, 5) is 42.7. The number of hydrogen-bond donors (Lipinski definition) is 3. The Morgan fingerprint density at radius 1 is 1.05 bits per heavy atom. The molecule has 2 aliphatic heterocycles. The summed E-state index contributed by atoms with van der Waals surface area (Å²) in [5.41, 5.74) is 1.31. The van der Waals surface area contributed by atoms with Gasteiger partial charge in [0.25, 0.3) is 5.91 Å². The summed E-state index contributed by atoms with van der Waals surface area (Å²) in [7, 11) is 0. The number of aliphatic hydroxyl groups excluding tert-OH is 1. The minimum absolute atomic E-state index is 0.0137. The summed E-state index contributed by atoms with van der Waals surface area (Å²) in [6.45, 7) is 8.63. The van der Waals surface area contributed by atoms with E-state index in [0.29, 0.717) is 67.2 Å². The van der Waals surface area contributed by atoms with Crippen molar-refractivity contribution in [2.45, 2.75) is 84.3 Å². The van der Waals surface area contributed by atoms with Crippen LogP contribution in [0.15, 0.2) is 18.2 Å². The molecule has 2 saturated heterocycles. The Labute approximate surface area is 236 Å². The number of rotatable bonds is 8. The van der Waals surface area contributed by atoms with E-state index in [1.165, 1.54) is 35.9 Å². The Bertz CT molecular complexity index is 1150. The molecule has 5 rings (SSSR count). The van der Waals surface area contributed by atoms with Crippen LogP contribution in [0.5, 0.6) is 11.5 Å². The van der Waals surface area contributed by atoms with Crippen molar-refractivity contribution >= 4 is 17.8 Å². The number of fused-ring (bicyclic) bond motifs is 1. The molecule has 40 heavy (non-hydrogen) atoms. The van der Waals surface area contributed by atoms with Crippen molar-refractivity contribution in [3.63, 3.8) is 0 Å². The SMILES string of the molecule is CC1(C)C2C(CCOC(=O)C3CCCN3C(=O)C3CCCN(C(=O)C(O)Cc4ccc(O)c(O)c4)C3)CCC21C. The minimum atomic E-state index is -1.33. The van der Waals surface area contributed by atoms with E-state index >= 15 is 0 Å². The lowest BCUT2D eigenvalue weighted by atomic mass is 9.88. The lowest BCUT2D eigenvalue weighted by Crippen LogP contribution is -2.51. The number of piperidine rings is 1. The van der Waals surface area contributed by atoms with E-state index in [1.54, 1.807) is 4.90 Å². The fraction of sp³-hybridized carbons (Fsp3) is 0.710. The molecule has 3 N–H and O–H groups in total. The van der Waals surface area contributed by atoms with Gasteiger partial charge in [0.05, 0.1) is 12.5 Å². The smallest absolute Gasteiger partial charge is 0.328 e. The zero-order valence-corrected chi connectivity index (χ0v) is 24.0. The minimum Gasteiger partial charge on any atom is -0.504 e. The normalized spacial score (nSPS) is 31.5. The largest absolute Gasteiger partial charge is 0.504 e. The van der Waals surface area contributed by atoms with Gasteiger partial charge < -0.3 is 29.9 Å². The monoisotopic (exact) mass is 556 g/mol. The summed E-state index contributed by atoms with van der Waals surface area (Å²) >= 11 is 0. The number of nitrogens with zero attached hydrogens (tertiary/aromatic N) is 2. The van der Waals surface area contributed by atoms with E-state index < -0.39 is 24.0 Å². The molecule has 0 spiro atoms. The number of aliphatic hydroxyl groups is 1. The van der Waals surface area contributed by atoms with Crippen LogP contribution in [0.2, 0.25) is 0 Å². The molecule has 4 aliphatic rings. The summed E-state index contributed by atoms with van der Waals surface area (Å²) in [6.07, 6.45) is 4.57. The molecule has 2 saturated carbocycles. The summed E-state index contributed by atoms with van der Waals surface area (Å²) < 4.78 is 5.72. The maximum Gasteiger partial charge on any atom is 0.328 e. The molecule has 220 valence electrons. The number of aromatic hydroxyl groups is 2. The molecule has 4 fully saturated rings. The predicted molar refractivity (Wildman–Crippen MR) is 147 cm³/mol. The molecule has 2 aliphatic carbocycles. The van der Waals surface area contributed by atoms with Crippen LogP contribution in [0.3, 0.4) is 0 Å². The van der Waals surface area contributed by atoms with Gasteiger partial charge in [0, 0.05) is 26.1 Å². The van der Waals surface area contributed by atoms with Gasteiger partial charge in [-0.05, 0) is 85.3 Å². The van der Waals surface area contributed by atoms with Crippen molar-refractivity contribution in [1.29, 1.82) is 0 Å². The van der Waals surface area contributed by atoms with Crippen LogP contribution in [-0.2, 0) is 25.5 Å². The lowest BCUT2D eigenvalue weighted by molar-refractivity contribution is -0.156. The molecule has 1 aromatic rings. The van der Waals surface area contributed by atoms with E-state index in [1.807, 2.05) is 0 Å². The summed E-state index contributed by atoms with van der Waals surface area (Å²) in [6, 6.07) is 3.60. The van der Waals surface area contributed by atoms with Crippen molar-refractivity contribution < 1.29 is 34.4 Å². The van der Waals surface area contributed by atoms with Gasteiger partial charge >= 0.3 is 5.97 Å². The first-order chi connectivity index (χ1) is 18.9. The Kier molecular flexibility index (Phi) is 7.81. The van der Waals surface area contributed by atoms with E-state index in [4.69, 9.17) is 4.74 Å². The molecule has 6 atom stereocenters. The van der Waals surface area contributed by atoms with E-state index in [2.05, 4.69) is 20.8 Å². The van der Waals surface area contributed by atoms with Gasteiger partial charge in [-0.3, -0.25) is 9.59 Å². The standard InChI is InChI=1S/C31H44N2O7/c1-30(2)26-20(10-12-31(26,30)3)11-15-40-29(39)22-7-5-14-33(22)27(37)21-6-4-13-32(18-21)28(38)25(36)17-19-8-9-23(34)24(35)16-19/h8-9,16,20-22,25-26,34-36H,4-7,10-15,17-18H2,1-3H3. The van der Waals surface area contributed by atoms with Crippen LogP contribution in [-0.4, -0.2) is 81.3 Å². The second-order valence-electron chi connectivity index (χ2n) is 13.2. The van der Waals surface area contributed by atoms with Gasteiger partial charge in [0.15, 0.2) is 11.5 Å². The van der Waals surface area contributed by atoms with Crippen molar-refractivity contribution in [3.8, 4) is 11.5 Å². The fourth-order valence-electron chi connectivity index (χ4n) is 8.18. The van der Waals surface area contributed by atoms with E-state index in [-0.39, 0.29) is 36.3 Å². The molecular weight excluding hydrogens is 512 g/mol. The van der Waals surface area contributed by atoms with E-state index in [0.717, 1.165) is 12.8 Å². The highest BCUT2D eigenvalue weighted by molar-refractivity contribution is 5.87. The second kappa shape index (κ2) is 10.9. The van der Waals surface area contributed by atoms with Crippen molar-refractivity contribution in [3.05, 3.63) is 23.8 Å². The van der Waals surface area contributed by atoms with Crippen molar-refractivity contribution in [2.75, 3.05) is 26.2 Å². The van der Waals surface area contributed by atoms with Crippen molar-refractivity contribution in [2.24, 2.45) is 28.6 Å². The molecule has 1 aromatic carbocycles. The number of ether oxygens (including phenoxy) is 1. The maximum absolute atomic E-state index is 13.5.